The van der Waals surface area contributed by atoms with Crippen LogP contribution in [0.5, 0.6) is 5.75 Å². The standard InChI is InChI=1S/C22H25N3O5S/c1-14-12-18-19(30-15(2)21(26)24-18)13-20(14)31(28,29)25-10-8-16(9-11-25)22(27)23-17-6-4-3-5-7-17/h3-7,12-13,15-16H,8-11H2,1-2H3,(H,23,27)(H,24,26)/t15-/m1/s1. The van der Waals surface area contributed by atoms with Gasteiger partial charge < -0.3 is 15.4 Å². The van der Waals surface area contributed by atoms with Crippen LogP contribution in [-0.2, 0) is 19.6 Å². The molecule has 8 nitrogen and oxygen atoms in total. The van der Waals surface area contributed by atoms with Crippen LogP contribution in [0.25, 0.3) is 0 Å². The van der Waals surface area contributed by atoms with E-state index < -0.39 is 16.1 Å². The van der Waals surface area contributed by atoms with Crippen LogP contribution in [0.1, 0.15) is 25.3 Å². The molecule has 2 aromatic carbocycles. The Kier molecular flexibility index (Phi) is 5.72. The maximum atomic E-state index is 13.3. The Morgan fingerprint density at radius 1 is 1.16 bits per heavy atom. The van der Waals surface area contributed by atoms with Gasteiger partial charge >= 0.3 is 0 Å². The summed E-state index contributed by atoms with van der Waals surface area (Å²) in [6, 6.07) is 12.3. The van der Waals surface area contributed by atoms with E-state index >= 15 is 0 Å². The Balaban J connectivity index is 1.46. The van der Waals surface area contributed by atoms with Crippen molar-refractivity contribution in [1.82, 2.24) is 4.31 Å². The highest BCUT2D eigenvalue weighted by Gasteiger charge is 2.34. The van der Waals surface area contributed by atoms with Gasteiger partial charge in [-0.05, 0) is 50.5 Å². The fraction of sp³-hybridized carbons (Fsp3) is 0.364. The van der Waals surface area contributed by atoms with Crippen molar-refractivity contribution in [3.63, 3.8) is 0 Å². The zero-order valence-electron chi connectivity index (χ0n) is 17.4. The molecule has 0 aromatic heterocycles. The summed E-state index contributed by atoms with van der Waals surface area (Å²) < 4.78 is 33.6. The van der Waals surface area contributed by atoms with E-state index in [1.54, 1.807) is 19.9 Å². The van der Waals surface area contributed by atoms with Crippen LogP contribution in [0.2, 0.25) is 0 Å². The summed E-state index contributed by atoms with van der Waals surface area (Å²) in [5, 5.41) is 5.62. The Labute approximate surface area is 181 Å². The topological polar surface area (TPSA) is 105 Å². The van der Waals surface area contributed by atoms with Gasteiger partial charge in [0.05, 0.1) is 10.6 Å². The van der Waals surface area contributed by atoms with E-state index in [9.17, 15) is 18.0 Å². The predicted octanol–water partition coefficient (Wildman–Crippen LogP) is 2.75. The molecule has 2 heterocycles. The first kappa shape index (κ1) is 21.3. The lowest BCUT2D eigenvalue weighted by molar-refractivity contribution is -0.123. The number of carbonyl (C=O) groups excluding carboxylic acids is 2. The van der Waals surface area contributed by atoms with Gasteiger partial charge in [-0.2, -0.15) is 4.31 Å². The van der Waals surface area contributed by atoms with Crippen molar-refractivity contribution < 1.29 is 22.7 Å². The van der Waals surface area contributed by atoms with Crippen molar-refractivity contribution in [1.29, 1.82) is 0 Å². The Hall–Kier alpha value is -2.91. The zero-order chi connectivity index (χ0) is 22.2. The summed E-state index contributed by atoms with van der Waals surface area (Å²) in [4.78, 5) is 24.5. The molecule has 2 N–H and O–H groups in total. The maximum Gasteiger partial charge on any atom is 0.265 e. The molecule has 164 valence electrons. The molecule has 4 rings (SSSR count). The third kappa shape index (κ3) is 4.28. The summed E-state index contributed by atoms with van der Waals surface area (Å²) in [6.45, 7) is 3.83. The fourth-order valence-corrected chi connectivity index (χ4v) is 5.58. The minimum absolute atomic E-state index is 0.0914. The molecule has 0 aliphatic carbocycles. The van der Waals surface area contributed by atoms with E-state index in [4.69, 9.17) is 4.74 Å². The number of ether oxygens (including phenoxy) is 1. The number of fused-ring (bicyclic) bond motifs is 1. The average Bonchev–Trinajstić information content (AvgIpc) is 2.75. The van der Waals surface area contributed by atoms with Crippen molar-refractivity contribution in [2.75, 3.05) is 23.7 Å². The van der Waals surface area contributed by atoms with E-state index in [1.165, 1.54) is 10.4 Å². The number of aryl methyl sites for hydroxylation is 1. The number of piperidine rings is 1. The molecule has 9 heteroatoms. The largest absolute Gasteiger partial charge is 0.479 e. The minimum atomic E-state index is -3.76. The quantitative estimate of drug-likeness (QED) is 0.756. The molecular weight excluding hydrogens is 418 g/mol. The van der Waals surface area contributed by atoms with Crippen LogP contribution in [0.3, 0.4) is 0 Å². The van der Waals surface area contributed by atoms with Crippen molar-refractivity contribution in [3.8, 4) is 5.75 Å². The van der Waals surface area contributed by atoms with Crippen LogP contribution in [0.4, 0.5) is 11.4 Å². The molecule has 0 unspecified atom stereocenters. The lowest BCUT2D eigenvalue weighted by Crippen LogP contribution is -2.41. The Morgan fingerprint density at radius 2 is 1.84 bits per heavy atom. The lowest BCUT2D eigenvalue weighted by atomic mass is 9.97. The SMILES string of the molecule is Cc1cc2c(cc1S(=O)(=O)N1CCC(C(=O)Nc3ccccc3)CC1)O[C@H](C)C(=O)N2. The Morgan fingerprint density at radius 3 is 2.52 bits per heavy atom. The van der Waals surface area contributed by atoms with Crippen molar-refractivity contribution in [3.05, 3.63) is 48.0 Å². The number of anilines is 2. The number of rotatable bonds is 4. The van der Waals surface area contributed by atoms with Crippen LogP contribution in [-0.4, -0.2) is 43.7 Å². The van der Waals surface area contributed by atoms with Crippen molar-refractivity contribution >= 4 is 33.2 Å². The summed E-state index contributed by atoms with van der Waals surface area (Å²) in [6.07, 6.45) is 0.210. The number of benzene rings is 2. The number of carbonyl (C=O) groups is 2. The van der Waals surface area contributed by atoms with E-state index in [-0.39, 0.29) is 35.7 Å². The first-order valence-electron chi connectivity index (χ1n) is 10.2. The average molecular weight is 444 g/mol. The molecule has 2 aromatic rings. The molecule has 1 fully saturated rings. The monoisotopic (exact) mass is 443 g/mol. The number of amides is 2. The van der Waals surface area contributed by atoms with Crippen LogP contribution < -0.4 is 15.4 Å². The highest BCUT2D eigenvalue weighted by Crippen LogP contribution is 2.36. The number of hydrogen-bond donors (Lipinski definition) is 2. The molecule has 0 radical (unpaired) electrons. The highest BCUT2D eigenvalue weighted by molar-refractivity contribution is 7.89. The molecule has 1 saturated heterocycles. The minimum Gasteiger partial charge on any atom is -0.479 e. The van der Waals surface area contributed by atoms with Crippen molar-refractivity contribution in [2.24, 2.45) is 5.92 Å². The predicted molar refractivity (Wildman–Crippen MR) is 116 cm³/mol. The van der Waals surface area contributed by atoms with Gasteiger partial charge in [-0.15, -0.1) is 0 Å². The molecule has 31 heavy (non-hydrogen) atoms. The summed E-state index contributed by atoms with van der Waals surface area (Å²) in [5.41, 5.74) is 1.73. The smallest absolute Gasteiger partial charge is 0.265 e. The van der Waals surface area contributed by atoms with Gasteiger partial charge in [-0.3, -0.25) is 9.59 Å². The molecule has 2 amide bonds. The highest BCUT2D eigenvalue weighted by atomic mass is 32.2. The van der Waals surface area contributed by atoms with Crippen LogP contribution in [0.15, 0.2) is 47.4 Å². The number of sulfonamides is 1. The van der Waals surface area contributed by atoms with Gasteiger partial charge in [0.25, 0.3) is 5.91 Å². The van der Waals surface area contributed by atoms with Crippen LogP contribution in [0, 0.1) is 12.8 Å². The number of nitrogens with one attached hydrogen (secondary N) is 2. The second-order valence-electron chi connectivity index (χ2n) is 7.90. The number of para-hydroxylation sites is 1. The summed E-state index contributed by atoms with van der Waals surface area (Å²) in [7, 11) is -3.76. The molecule has 1 atom stereocenters. The van der Waals surface area contributed by atoms with Crippen LogP contribution >= 0.6 is 0 Å². The van der Waals surface area contributed by atoms with E-state index in [1.807, 2.05) is 30.3 Å². The fourth-order valence-electron chi connectivity index (χ4n) is 3.88. The molecule has 0 spiro atoms. The van der Waals surface area contributed by atoms with E-state index in [0.717, 1.165) is 5.69 Å². The maximum absolute atomic E-state index is 13.3. The molecule has 0 saturated carbocycles. The second-order valence-corrected chi connectivity index (χ2v) is 9.80. The van der Waals surface area contributed by atoms with Gasteiger partial charge in [-0.1, -0.05) is 18.2 Å². The number of nitrogens with zero attached hydrogens (tertiary/aromatic N) is 1. The normalized spacial score (nSPS) is 19.8. The summed E-state index contributed by atoms with van der Waals surface area (Å²) in [5.74, 6) is -0.256. The van der Waals surface area contributed by atoms with Gasteiger partial charge in [0.2, 0.25) is 15.9 Å². The third-order valence-corrected chi connectivity index (χ3v) is 7.73. The van der Waals surface area contributed by atoms with Gasteiger partial charge in [0.1, 0.15) is 5.75 Å². The molecular formula is C22H25N3O5S. The first-order valence-corrected chi connectivity index (χ1v) is 11.7. The zero-order valence-corrected chi connectivity index (χ0v) is 18.2. The van der Waals surface area contributed by atoms with E-state index in [2.05, 4.69) is 10.6 Å². The second kappa shape index (κ2) is 8.32. The number of hydrogen-bond acceptors (Lipinski definition) is 5. The van der Waals surface area contributed by atoms with E-state index in [0.29, 0.717) is 29.8 Å². The molecule has 0 bridgehead atoms. The van der Waals surface area contributed by atoms with Gasteiger partial charge in [0, 0.05) is 30.8 Å². The van der Waals surface area contributed by atoms with Crippen molar-refractivity contribution in [2.45, 2.75) is 37.7 Å². The molecule has 2 aliphatic rings. The van der Waals surface area contributed by atoms with Gasteiger partial charge in [-0.25, -0.2) is 8.42 Å². The molecule has 2 aliphatic heterocycles. The summed E-state index contributed by atoms with van der Waals surface area (Å²) >= 11 is 0. The lowest BCUT2D eigenvalue weighted by Gasteiger charge is -2.31. The first-order chi connectivity index (χ1) is 14.8. The third-order valence-electron chi connectivity index (χ3n) is 5.69. The van der Waals surface area contributed by atoms with Gasteiger partial charge in [0.15, 0.2) is 6.10 Å². The Bertz CT molecular complexity index is 1110.